The van der Waals surface area contributed by atoms with Crippen LogP contribution in [0.25, 0.3) is 0 Å². The SMILES string of the molecule is CCOc1ccc(C(C)=O)cc1NC(=O)N1CCC(c2ccnc(N)n2)CC1. The molecule has 1 aromatic carbocycles. The van der Waals surface area contributed by atoms with Gasteiger partial charge in [-0.05, 0) is 51.0 Å². The van der Waals surface area contributed by atoms with Gasteiger partial charge in [0.1, 0.15) is 5.75 Å². The van der Waals surface area contributed by atoms with Crippen LogP contribution >= 0.6 is 0 Å². The fraction of sp³-hybridized carbons (Fsp3) is 0.400. The minimum atomic E-state index is -0.206. The van der Waals surface area contributed by atoms with Crippen LogP contribution in [-0.4, -0.2) is 46.4 Å². The molecule has 1 aromatic heterocycles. The number of ether oxygens (including phenoxy) is 1. The van der Waals surface area contributed by atoms with Gasteiger partial charge in [0, 0.05) is 36.5 Å². The summed E-state index contributed by atoms with van der Waals surface area (Å²) >= 11 is 0. The highest BCUT2D eigenvalue weighted by molar-refractivity contribution is 5.98. The van der Waals surface area contributed by atoms with Gasteiger partial charge in [0.05, 0.1) is 12.3 Å². The van der Waals surface area contributed by atoms with Crippen LogP contribution in [0.5, 0.6) is 5.75 Å². The lowest BCUT2D eigenvalue weighted by molar-refractivity contribution is 0.101. The molecule has 148 valence electrons. The van der Waals surface area contributed by atoms with Gasteiger partial charge in [-0.3, -0.25) is 4.79 Å². The van der Waals surface area contributed by atoms with Crippen LogP contribution in [0, 0.1) is 0 Å². The number of piperidine rings is 1. The first kappa shape index (κ1) is 19.6. The highest BCUT2D eigenvalue weighted by Crippen LogP contribution is 2.29. The monoisotopic (exact) mass is 383 g/mol. The molecule has 2 amide bonds. The van der Waals surface area contributed by atoms with Crippen molar-refractivity contribution in [3.8, 4) is 5.75 Å². The Hall–Kier alpha value is -3.16. The smallest absolute Gasteiger partial charge is 0.321 e. The van der Waals surface area contributed by atoms with Gasteiger partial charge in [0.15, 0.2) is 5.78 Å². The van der Waals surface area contributed by atoms with Crippen molar-refractivity contribution < 1.29 is 14.3 Å². The van der Waals surface area contributed by atoms with Crippen molar-refractivity contribution in [2.75, 3.05) is 30.7 Å². The quantitative estimate of drug-likeness (QED) is 0.768. The topological polar surface area (TPSA) is 110 Å². The van der Waals surface area contributed by atoms with Gasteiger partial charge in [0.25, 0.3) is 0 Å². The molecule has 8 nitrogen and oxygen atoms in total. The number of Topliss-reactive ketones (excluding diaryl/α,β-unsaturated/α-hetero) is 1. The van der Waals surface area contributed by atoms with Gasteiger partial charge in [-0.15, -0.1) is 0 Å². The molecule has 0 saturated carbocycles. The number of nitrogens with zero attached hydrogens (tertiary/aromatic N) is 3. The van der Waals surface area contributed by atoms with Crippen LogP contribution in [0.3, 0.4) is 0 Å². The number of amides is 2. The Balaban J connectivity index is 1.66. The average Bonchev–Trinajstić information content (AvgIpc) is 2.69. The number of likely N-dealkylation sites (tertiary alicyclic amines) is 1. The maximum atomic E-state index is 12.7. The Kier molecular flexibility index (Phi) is 6.08. The van der Waals surface area contributed by atoms with Crippen LogP contribution < -0.4 is 15.8 Å². The molecule has 3 rings (SSSR count). The number of nitrogen functional groups attached to an aromatic ring is 1. The maximum absolute atomic E-state index is 12.7. The van der Waals surface area contributed by atoms with E-state index in [-0.39, 0.29) is 23.7 Å². The minimum absolute atomic E-state index is 0.0662. The predicted molar refractivity (Wildman–Crippen MR) is 107 cm³/mol. The number of aromatic nitrogens is 2. The summed E-state index contributed by atoms with van der Waals surface area (Å²) in [5, 5.41) is 2.89. The molecule has 2 heterocycles. The second kappa shape index (κ2) is 8.69. The van der Waals surface area contributed by atoms with E-state index in [2.05, 4.69) is 15.3 Å². The largest absolute Gasteiger partial charge is 0.492 e. The number of hydrogen-bond donors (Lipinski definition) is 2. The number of hydrogen-bond acceptors (Lipinski definition) is 6. The molecular weight excluding hydrogens is 358 g/mol. The third-order valence-electron chi connectivity index (χ3n) is 4.82. The summed E-state index contributed by atoms with van der Waals surface area (Å²) in [6, 6.07) is 6.73. The molecule has 3 N–H and O–H groups in total. The number of nitrogens with one attached hydrogen (secondary N) is 1. The van der Waals surface area contributed by atoms with Crippen molar-refractivity contribution in [3.05, 3.63) is 41.7 Å². The first-order chi connectivity index (χ1) is 13.5. The Bertz CT molecular complexity index is 863. The second-order valence-corrected chi connectivity index (χ2v) is 6.73. The number of carbonyl (C=O) groups excluding carboxylic acids is 2. The number of rotatable bonds is 5. The molecule has 2 aromatic rings. The summed E-state index contributed by atoms with van der Waals surface area (Å²) < 4.78 is 5.58. The summed E-state index contributed by atoms with van der Waals surface area (Å²) in [7, 11) is 0. The highest BCUT2D eigenvalue weighted by Gasteiger charge is 2.25. The number of benzene rings is 1. The molecule has 1 aliphatic heterocycles. The van der Waals surface area contributed by atoms with E-state index in [1.54, 1.807) is 29.3 Å². The molecule has 28 heavy (non-hydrogen) atoms. The van der Waals surface area contributed by atoms with E-state index in [4.69, 9.17) is 10.5 Å². The van der Waals surface area contributed by atoms with Crippen LogP contribution in [0.2, 0.25) is 0 Å². The normalized spacial score (nSPS) is 14.6. The van der Waals surface area contributed by atoms with Gasteiger partial charge < -0.3 is 20.7 Å². The molecular formula is C20H25N5O3. The lowest BCUT2D eigenvalue weighted by atomic mass is 9.93. The fourth-order valence-corrected chi connectivity index (χ4v) is 3.32. The lowest BCUT2D eigenvalue weighted by Crippen LogP contribution is -2.40. The maximum Gasteiger partial charge on any atom is 0.321 e. The van der Waals surface area contributed by atoms with Crippen LogP contribution in [0.1, 0.15) is 48.7 Å². The van der Waals surface area contributed by atoms with Crippen LogP contribution in [-0.2, 0) is 0 Å². The van der Waals surface area contributed by atoms with Gasteiger partial charge in [0.2, 0.25) is 5.95 Å². The fourth-order valence-electron chi connectivity index (χ4n) is 3.32. The van der Waals surface area contributed by atoms with E-state index in [0.717, 1.165) is 18.5 Å². The third kappa shape index (κ3) is 4.57. The van der Waals surface area contributed by atoms with Gasteiger partial charge in [-0.1, -0.05) is 0 Å². The zero-order valence-corrected chi connectivity index (χ0v) is 16.1. The standard InChI is InChI=1S/C20H25N5O3/c1-3-28-18-5-4-15(13(2)26)12-17(18)24-20(27)25-10-7-14(8-11-25)16-6-9-22-19(21)23-16/h4-6,9,12,14H,3,7-8,10-11H2,1-2H3,(H,24,27)(H2,21,22,23). The zero-order valence-electron chi connectivity index (χ0n) is 16.1. The first-order valence-electron chi connectivity index (χ1n) is 9.40. The minimum Gasteiger partial charge on any atom is -0.492 e. The average molecular weight is 383 g/mol. The van der Waals surface area contributed by atoms with Crippen LogP contribution in [0.4, 0.5) is 16.4 Å². The van der Waals surface area contributed by atoms with E-state index >= 15 is 0 Å². The van der Waals surface area contributed by atoms with Crippen molar-refractivity contribution in [2.45, 2.75) is 32.6 Å². The van der Waals surface area contributed by atoms with E-state index in [1.807, 2.05) is 13.0 Å². The molecule has 1 aliphatic rings. The van der Waals surface area contributed by atoms with Gasteiger partial charge in [-0.25, -0.2) is 14.8 Å². The van der Waals surface area contributed by atoms with Crippen molar-refractivity contribution in [3.63, 3.8) is 0 Å². The number of ketones is 1. The van der Waals surface area contributed by atoms with Crippen molar-refractivity contribution in [1.29, 1.82) is 0 Å². The Labute approximate surface area is 164 Å². The van der Waals surface area contributed by atoms with Gasteiger partial charge in [-0.2, -0.15) is 0 Å². The number of nitrogens with two attached hydrogens (primary N) is 1. The molecule has 0 bridgehead atoms. The van der Waals surface area contributed by atoms with E-state index < -0.39 is 0 Å². The molecule has 8 heteroatoms. The van der Waals surface area contributed by atoms with E-state index in [9.17, 15) is 9.59 Å². The molecule has 0 radical (unpaired) electrons. The number of anilines is 2. The Morgan fingerprint density at radius 2 is 2.04 bits per heavy atom. The molecule has 0 atom stereocenters. The van der Waals surface area contributed by atoms with Crippen molar-refractivity contribution in [2.24, 2.45) is 0 Å². The van der Waals surface area contributed by atoms with E-state index in [0.29, 0.717) is 36.7 Å². The Morgan fingerprint density at radius 3 is 2.68 bits per heavy atom. The molecule has 1 saturated heterocycles. The third-order valence-corrected chi connectivity index (χ3v) is 4.82. The van der Waals surface area contributed by atoms with Gasteiger partial charge >= 0.3 is 6.03 Å². The van der Waals surface area contributed by atoms with Crippen molar-refractivity contribution >= 4 is 23.5 Å². The summed E-state index contributed by atoms with van der Waals surface area (Å²) in [6.07, 6.45) is 3.26. The molecule has 1 fully saturated rings. The predicted octanol–water partition coefficient (Wildman–Crippen LogP) is 3.07. The second-order valence-electron chi connectivity index (χ2n) is 6.73. The van der Waals surface area contributed by atoms with Crippen molar-refractivity contribution in [1.82, 2.24) is 14.9 Å². The molecule has 0 aliphatic carbocycles. The molecule has 0 unspecified atom stereocenters. The lowest BCUT2D eigenvalue weighted by Gasteiger charge is -2.32. The summed E-state index contributed by atoms with van der Waals surface area (Å²) in [5.74, 6) is 1.01. The van der Waals surface area contributed by atoms with Crippen LogP contribution in [0.15, 0.2) is 30.5 Å². The number of urea groups is 1. The highest BCUT2D eigenvalue weighted by atomic mass is 16.5. The zero-order chi connectivity index (χ0) is 20.1. The Morgan fingerprint density at radius 1 is 1.29 bits per heavy atom. The molecule has 0 spiro atoms. The van der Waals surface area contributed by atoms with E-state index in [1.165, 1.54) is 6.92 Å². The first-order valence-corrected chi connectivity index (χ1v) is 9.40. The summed E-state index contributed by atoms with van der Waals surface area (Å²) in [4.78, 5) is 34.4. The number of carbonyl (C=O) groups is 2. The summed E-state index contributed by atoms with van der Waals surface area (Å²) in [5.41, 5.74) is 7.61. The summed E-state index contributed by atoms with van der Waals surface area (Å²) in [6.45, 7) is 5.05.